The number of hydrogen-bond donors (Lipinski definition) is 2. The first-order valence-electron chi connectivity index (χ1n) is 13.5. The van der Waals surface area contributed by atoms with Crippen LogP contribution in [0.5, 0.6) is 17.2 Å². The van der Waals surface area contributed by atoms with Gasteiger partial charge in [-0.05, 0) is 73.1 Å². The largest absolute Gasteiger partial charge is 0.483 e. The smallest absolute Gasteiger partial charge is 0.260 e. The van der Waals surface area contributed by atoms with Gasteiger partial charge in [0.1, 0.15) is 5.75 Å². The van der Waals surface area contributed by atoms with Crippen LogP contribution in [0.1, 0.15) is 35.2 Å². The third-order valence-electron chi connectivity index (χ3n) is 7.34. The molecule has 5 rings (SSSR count). The summed E-state index contributed by atoms with van der Waals surface area (Å²) < 4.78 is 16.9. The average Bonchev–Trinajstić information content (AvgIpc) is 3.46. The van der Waals surface area contributed by atoms with Gasteiger partial charge in [0, 0.05) is 30.8 Å². The third-order valence-corrected chi connectivity index (χ3v) is 7.34. The lowest BCUT2D eigenvalue weighted by Gasteiger charge is -2.32. The first kappa shape index (κ1) is 26.6. The van der Waals surface area contributed by atoms with Crippen molar-refractivity contribution in [2.75, 3.05) is 39.6 Å². The van der Waals surface area contributed by atoms with E-state index in [0.29, 0.717) is 24.0 Å². The molecule has 8 nitrogen and oxygen atoms in total. The maximum Gasteiger partial charge on any atom is 0.260 e. The molecule has 0 aromatic heterocycles. The molecule has 3 aromatic carbocycles. The highest BCUT2D eigenvalue weighted by Gasteiger charge is 2.23. The second-order valence-corrected chi connectivity index (χ2v) is 9.89. The molecule has 0 aliphatic carbocycles. The standard InChI is InChI=1S/C31H34N2O6/c34-18-15-32-31(36)25-10-8-24(9-11-25)26-3-1-2-4-27(26)37-20-30(35)33-16-13-22(14-17-33)5-6-23-7-12-28-29(19-23)39-21-38-28/h1-4,7-12,19,22,34H,5-6,13-18,20-21H2,(H,32,36). The molecule has 204 valence electrons. The van der Waals surface area contributed by atoms with Crippen LogP contribution in [0.4, 0.5) is 0 Å². The van der Waals surface area contributed by atoms with Crippen LogP contribution in [0.3, 0.4) is 0 Å². The summed E-state index contributed by atoms with van der Waals surface area (Å²) in [6, 6.07) is 20.9. The number of amides is 2. The van der Waals surface area contributed by atoms with Crippen molar-refractivity contribution in [3.05, 3.63) is 77.9 Å². The van der Waals surface area contributed by atoms with Crippen molar-refractivity contribution in [2.24, 2.45) is 5.92 Å². The van der Waals surface area contributed by atoms with E-state index in [1.54, 1.807) is 12.1 Å². The number of fused-ring (bicyclic) bond motifs is 1. The highest BCUT2D eigenvalue weighted by molar-refractivity contribution is 5.94. The maximum absolute atomic E-state index is 12.9. The Morgan fingerprint density at radius 3 is 2.54 bits per heavy atom. The second-order valence-electron chi connectivity index (χ2n) is 9.89. The number of nitrogens with one attached hydrogen (secondary N) is 1. The minimum atomic E-state index is -0.234. The van der Waals surface area contributed by atoms with E-state index in [1.807, 2.05) is 47.4 Å². The van der Waals surface area contributed by atoms with Gasteiger partial charge in [0.05, 0.1) is 6.61 Å². The fourth-order valence-electron chi connectivity index (χ4n) is 5.07. The fraction of sp³-hybridized carbons (Fsp3) is 0.355. The van der Waals surface area contributed by atoms with Crippen LogP contribution in [-0.4, -0.2) is 61.5 Å². The predicted octanol–water partition coefficient (Wildman–Crippen LogP) is 4.05. The van der Waals surface area contributed by atoms with E-state index in [4.69, 9.17) is 19.3 Å². The molecule has 3 aromatic rings. The van der Waals surface area contributed by atoms with Gasteiger partial charge in [-0.2, -0.15) is 0 Å². The van der Waals surface area contributed by atoms with E-state index in [0.717, 1.165) is 61.4 Å². The normalized spacial score (nSPS) is 14.7. The van der Waals surface area contributed by atoms with E-state index < -0.39 is 0 Å². The van der Waals surface area contributed by atoms with Crippen molar-refractivity contribution in [3.8, 4) is 28.4 Å². The van der Waals surface area contributed by atoms with Crippen molar-refractivity contribution in [1.82, 2.24) is 10.2 Å². The number of aliphatic hydroxyl groups excluding tert-OH is 1. The molecular weight excluding hydrogens is 496 g/mol. The molecule has 1 fully saturated rings. The van der Waals surface area contributed by atoms with Gasteiger partial charge < -0.3 is 29.5 Å². The molecule has 0 radical (unpaired) electrons. The zero-order valence-electron chi connectivity index (χ0n) is 21.9. The number of carbonyl (C=O) groups is 2. The number of ether oxygens (including phenoxy) is 3. The molecule has 0 bridgehead atoms. The molecular formula is C31H34N2O6. The molecule has 2 heterocycles. The van der Waals surface area contributed by atoms with E-state index in [2.05, 4.69) is 17.4 Å². The van der Waals surface area contributed by atoms with Crippen LogP contribution in [0, 0.1) is 5.92 Å². The van der Waals surface area contributed by atoms with Gasteiger partial charge in [0.15, 0.2) is 18.1 Å². The van der Waals surface area contributed by atoms with Crippen molar-refractivity contribution >= 4 is 11.8 Å². The third kappa shape index (κ3) is 6.70. The van der Waals surface area contributed by atoms with Crippen LogP contribution in [0.25, 0.3) is 11.1 Å². The zero-order chi connectivity index (χ0) is 27.0. The Hall–Kier alpha value is -4.04. The van der Waals surface area contributed by atoms with Gasteiger partial charge in [0.2, 0.25) is 6.79 Å². The van der Waals surface area contributed by atoms with Crippen LogP contribution in [0.2, 0.25) is 0 Å². The Bertz CT molecular complexity index is 1280. The highest BCUT2D eigenvalue weighted by Crippen LogP contribution is 2.34. The van der Waals surface area contributed by atoms with Gasteiger partial charge in [-0.15, -0.1) is 0 Å². The van der Waals surface area contributed by atoms with Crippen molar-refractivity contribution < 1.29 is 28.9 Å². The number of nitrogens with zero attached hydrogens (tertiary/aromatic N) is 1. The summed E-state index contributed by atoms with van der Waals surface area (Å²) in [5.41, 5.74) is 3.51. The molecule has 2 aliphatic rings. The SMILES string of the molecule is O=C(NCCO)c1ccc(-c2ccccc2OCC(=O)N2CCC(CCc3ccc4c(c3)OCO4)CC2)cc1. The Morgan fingerprint density at radius 1 is 0.974 bits per heavy atom. The Kier molecular flexibility index (Phi) is 8.63. The van der Waals surface area contributed by atoms with Crippen molar-refractivity contribution in [2.45, 2.75) is 25.7 Å². The van der Waals surface area contributed by atoms with Crippen LogP contribution >= 0.6 is 0 Å². The van der Waals surface area contributed by atoms with E-state index in [9.17, 15) is 9.59 Å². The van der Waals surface area contributed by atoms with E-state index >= 15 is 0 Å². The van der Waals surface area contributed by atoms with Gasteiger partial charge in [0.25, 0.3) is 11.8 Å². The number of likely N-dealkylation sites (tertiary alicyclic amines) is 1. The molecule has 0 spiro atoms. The number of para-hydroxylation sites is 1. The quantitative estimate of drug-likeness (QED) is 0.411. The number of hydrogen-bond acceptors (Lipinski definition) is 6. The molecule has 2 aliphatic heterocycles. The molecule has 39 heavy (non-hydrogen) atoms. The minimum absolute atomic E-state index is 0.00470. The van der Waals surface area contributed by atoms with Crippen LogP contribution in [0.15, 0.2) is 66.7 Å². The number of rotatable bonds is 10. The van der Waals surface area contributed by atoms with E-state index in [1.165, 1.54) is 5.56 Å². The van der Waals surface area contributed by atoms with Gasteiger partial charge >= 0.3 is 0 Å². The topological polar surface area (TPSA) is 97.3 Å². The number of piperidine rings is 1. The number of aryl methyl sites for hydroxylation is 1. The summed E-state index contributed by atoms with van der Waals surface area (Å²) >= 11 is 0. The minimum Gasteiger partial charge on any atom is -0.483 e. The van der Waals surface area contributed by atoms with Gasteiger partial charge in [-0.25, -0.2) is 0 Å². The number of carbonyl (C=O) groups excluding carboxylic acids is 2. The molecule has 0 atom stereocenters. The average molecular weight is 531 g/mol. The summed E-state index contributed by atoms with van der Waals surface area (Å²) in [5, 5.41) is 11.5. The molecule has 2 N–H and O–H groups in total. The summed E-state index contributed by atoms with van der Waals surface area (Å²) in [7, 11) is 0. The zero-order valence-corrected chi connectivity index (χ0v) is 21.9. The summed E-state index contributed by atoms with van der Waals surface area (Å²) in [5.74, 6) is 2.62. The first-order valence-corrected chi connectivity index (χ1v) is 13.5. The van der Waals surface area contributed by atoms with Crippen LogP contribution in [-0.2, 0) is 11.2 Å². The fourth-order valence-corrected chi connectivity index (χ4v) is 5.07. The second kappa shape index (κ2) is 12.7. The van der Waals surface area contributed by atoms with Gasteiger partial charge in [-0.3, -0.25) is 9.59 Å². The lowest BCUT2D eigenvalue weighted by molar-refractivity contribution is -0.134. The molecule has 0 unspecified atom stereocenters. The van der Waals surface area contributed by atoms with E-state index in [-0.39, 0.29) is 31.6 Å². The Balaban J connectivity index is 1.10. The summed E-state index contributed by atoms with van der Waals surface area (Å²) in [6.45, 7) is 1.88. The monoisotopic (exact) mass is 530 g/mol. The van der Waals surface area contributed by atoms with Crippen molar-refractivity contribution in [1.29, 1.82) is 0 Å². The highest BCUT2D eigenvalue weighted by atomic mass is 16.7. The summed E-state index contributed by atoms with van der Waals surface area (Å²) in [4.78, 5) is 26.9. The lowest BCUT2D eigenvalue weighted by atomic mass is 9.90. The van der Waals surface area contributed by atoms with Gasteiger partial charge in [-0.1, -0.05) is 36.4 Å². The molecule has 1 saturated heterocycles. The van der Waals surface area contributed by atoms with Crippen LogP contribution < -0.4 is 19.5 Å². The maximum atomic E-state index is 12.9. The lowest BCUT2D eigenvalue weighted by Crippen LogP contribution is -2.41. The van der Waals surface area contributed by atoms with Crippen molar-refractivity contribution in [3.63, 3.8) is 0 Å². The molecule has 0 saturated carbocycles. The summed E-state index contributed by atoms with van der Waals surface area (Å²) in [6.07, 6.45) is 4.06. The number of aliphatic hydroxyl groups is 1. The molecule has 8 heteroatoms. The number of benzene rings is 3. The first-order chi connectivity index (χ1) is 19.1. The Labute approximate surface area is 228 Å². The Morgan fingerprint density at radius 2 is 1.74 bits per heavy atom. The predicted molar refractivity (Wildman–Crippen MR) is 147 cm³/mol. The molecule has 2 amide bonds.